The average Bonchev–Trinajstić information content (AvgIpc) is 2.77. The van der Waals surface area contributed by atoms with Crippen LogP contribution in [-0.2, 0) is 4.74 Å². The molecule has 3 rings (SSSR count). The fourth-order valence-electron chi connectivity index (χ4n) is 2.96. The second-order valence-electron chi connectivity index (χ2n) is 6.77. The number of halogens is 5. The SMILES string of the molecule is NN/C(=C\[I-]C1C(O)[C@@H](Sc2ccc(F)cc2)OC(CO)[C@@H]1O)c1cc(F)c(F)c(F)c1. The Bertz CT molecular complexity index is 946. The van der Waals surface area contributed by atoms with Crippen LogP contribution in [0.1, 0.15) is 5.56 Å². The van der Waals surface area contributed by atoms with E-state index in [0.717, 1.165) is 23.9 Å². The van der Waals surface area contributed by atoms with Crippen LogP contribution in [0.2, 0.25) is 0 Å². The van der Waals surface area contributed by atoms with E-state index in [2.05, 4.69) is 5.43 Å². The summed E-state index contributed by atoms with van der Waals surface area (Å²) in [5.41, 5.74) is 1.47. The molecule has 3 unspecified atom stereocenters. The predicted octanol–water partition coefficient (Wildman–Crippen LogP) is -1.31. The number of thioether (sulfide) groups is 1. The summed E-state index contributed by atoms with van der Waals surface area (Å²) in [7, 11) is 0. The van der Waals surface area contributed by atoms with Crippen LogP contribution >= 0.6 is 11.8 Å². The molecule has 176 valence electrons. The third-order valence-corrected chi connectivity index (χ3v) is 9.09. The van der Waals surface area contributed by atoms with Gasteiger partial charge in [-0.2, -0.15) is 0 Å². The Hall–Kier alpha value is -1.42. The van der Waals surface area contributed by atoms with Gasteiger partial charge in [-0.1, -0.05) is 0 Å². The van der Waals surface area contributed by atoms with Crippen LogP contribution in [0.3, 0.4) is 0 Å². The van der Waals surface area contributed by atoms with E-state index in [1.165, 1.54) is 28.3 Å². The molecule has 1 saturated heterocycles. The number of rotatable bonds is 7. The molecule has 0 aliphatic carbocycles. The van der Waals surface area contributed by atoms with E-state index in [0.29, 0.717) is 4.90 Å². The van der Waals surface area contributed by atoms with Gasteiger partial charge in [0.1, 0.15) is 0 Å². The molecule has 0 aromatic heterocycles. The molecule has 0 amide bonds. The van der Waals surface area contributed by atoms with Gasteiger partial charge in [0.05, 0.1) is 0 Å². The molecule has 5 atom stereocenters. The Balaban J connectivity index is 1.82. The number of hydrogen-bond acceptors (Lipinski definition) is 7. The van der Waals surface area contributed by atoms with Crippen molar-refractivity contribution >= 4 is 17.5 Å². The maximum absolute atomic E-state index is 13.6. The Labute approximate surface area is 195 Å². The molecule has 0 spiro atoms. The molecule has 0 radical (unpaired) electrons. The zero-order valence-electron chi connectivity index (χ0n) is 16.3. The van der Waals surface area contributed by atoms with Crippen LogP contribution in [0.4, 0.5) is 17.6 Å². The third kappa shape index (κ3) is 5.73. The van der Waals surface area contributed by atoms with E-state index in [-0.39, 0.29) is 11.3 Å². The van der Waals surface area contributed by atoms with Gasteiger partial charge in [-0.05, 0) is 0 Å². The van der Waals surface area contributed by atoms with Crippen molar-refractivity contribution in [2.45, 2.75) is 32.6 Å². The van der Waals surface area contributed by atoms with Gasteiger partial charge < -0.3 is 0 Å². The van der Waals surface area contributed by atoms with Crippen molar-refractivity contribution in [1.82, 2.24) is 5.43 Å². The van der Waals surface area contributed by atoms with Gasteiger partial charge in [-0.15, -0.1) is 0 Å². The summed E-state index contributed by atoms with van der Waals surface area (Å²) in [5.74, 6) is 0.651. The van der Waals surface area contributed by atoms with Gasteiger partial charge in [0, 0.05) is 0 Å². The summed E-state index contributed by atoms with van der Waals surface area (Å²) in [6.45, 7) is -0.505. The number of aliphatic hydroxyl groups excluding tert-OH is 3. The predicted molar refractivity (Wildman–Crippen MR) is 105 cm³/mol. The summed E-state index contributed by atoms with van der Waals surface area (Å²) in [6.07, 6.45) is -3.37. The van der Waals surface area contributed by atoms with Crippen molar-refractivity contribution in [3.63, 3.8) is 0 Å². The van der Waals surface area contributed by atoms with Gasteiger partial charge in [0.2, 0.25) is 0 Å². The minimum absolute atomic E-state index is 0.0458. The normalized spacial score (nSPS) is 26.4. The first-order valence-corrected chi connectivity index (χ1v) is 12.6. The molecule has 12 heteroatoms. The Morgan fingerprint density at radius 3 is 2.28 bits per heavy atom. The zero-order chi connectivity index (χ0) is 23.4. The number of hydrogen-bond donors (Lipinski definition) is 5. The third-order valence-electron chi connectivity index (χ3n) is 4.63. The number of nitrogens with one attached hydrogen (secondary N) is 1. The number of benzene rings is 2. The maximum atomic E-state index is 13.6. The van der Waals surface area contributed by atoms with Gasteiger partial charge in [0.15, 0.2) is 0 Å². The van der Waals surface area contributed by atoms with Crippen LogP contribution in [0.25, 0.3) is 5.70 Å². The van der Waals surface area contributed by atoms with Crippen molar-refractivity contribution in [3.05, 3.63) is 69.3 Å². The van der Waals surface area contributed by atoms with Crippen molar-refractivity contribution in [2.24, 2.45) is 5.84 Å². The minimum atomic E-state index is -1.61. The molecule has 2 aromatic rings. The van der Waals surface area contributed by atoms with Crippen LogP contribution in [0.5, 0.6) is 0 Å². The first-order chi connectivity index (χ1) is 15.2. The van der Waals surface area contributed by atoms with Crippen molar-refractivity contribution in [3.8, 4) is 0 Å². The summed E-state index contributed by atoms with van der Waals surface area (Å²) < 4.78 is 59.9. The van der Waals surface area contributed by atoms with E-state index in [1.807, 2.05) is 0 Å². The summed E-state index contributed by atoms with van der Waals surface area (Å²) in [5, 5.41) is 31.0. The Morgan fingerprint density at radius 1 is 1.09 bits per heavy atom. The Morgan fingerprint density at radius 2 is 1.72 bits per heavy atom. The molecule has 0 saturated carbocycles. The number of nitrogens with two attached hydrogens (primary N) is 1. The summed E-state index contributed by atoms with van der Waals surface area (Å²) in [4.78, 5) is 0.609. The van der Waals surface area contributed by atoms with Crippen LogP contribution in [0, 0.1) is 23.3 Å². The monoisotopic (exact) mass is 587 g/mol. The standard InChI is InChI=1S/C20H20F4IN2O4S/c21-10-1-3-11(4-2-10)32-20-19(30)17(18(29)15(8-28)31-20)25-7-14(27-26)9-5-12(22)16(24)13(23)6-9/h1-7,15,17-20,27-30H,8,26H2/q-1/b14-7-/t15?,17?,18-,19?,20+/m0/s1. The van der Waals surface area contributed by atoms with Gasteiger partial charge in [0.25, 0.3) is 0 Å². The van der Waals surface area contributed by atoms with E-state index >= 15 is 0 Å². The van der Waals surface area contributed by atoms with Crippen molar-refractivity contribution < 1.29 is 58.8 Å². The average molecular weight is 587 g/mol. The number of alkyl halides is 1. The fourth-order valence-corrected chi connectivity index (χ4v) is 7.32. The molecule has 0 bridgehead atoms. The molecule has 2 aromatic carbocycles. The quantitative estimate of drug-likeness (QED) is 0.0685. The second-order valence-corrected chi connectivity index (χ2v) is 10.7. The van der Waals surface area contributed by atoms with Crippen LogP contribution < -0.4 is 32.5 Å². The number of aliphatic hydroxyl groups is 3. The fraction of sp³-hybridized carbons (Fsp3) is 0.300. The second kappa shape index (κ2) is 11.1. The van der Waals surface area contributed by atoms with Crippen molar-refractivity contribution in [2.75, 3.05) is 6.61 Å². The summed E-state index contributed by atoms with van der Waals surface area (Å²) >= 11 is -0.124. The topological polar surface area (TPSA) is 108 Å². The van der Waals surface area contributed by atoms with E-state index in [1.54, 1.807) is 0 Å². The van der Waals surface area contributed by atoms with Gasteiger partial charge >= 0.3 is 196 Å². The molecule has 1 aliphatic rings. The zero-order valence-corrected chi connectivity index (χ0v) is 19.2. The van der Waals surface area contributed by atoms with Gasteiger partial charge in [-0.3, -0.25) is 0 Å². The van der Waals surface area contributed by atoms with Gasteiger partial charge in [-0.25, -0.2) is 0 Å². The first-order valence-electron chi connectivity index (χ1n) is 9.23. The Kier molecular flexibility index (Phi) is 8.77. The van der Waals surface area contributed by atoms with Crippen LogP contribution in [0.15, 0.2) is 45.4 Å². The van der Waals surface area contributed by atoms with Crippen LogP contribution in [-0.4, -0.2) is 49.6 Å². The molecule has 1 heterocycles. The molecule has 32 heavy (non-hydrogen) atoms. The molecule has 6 nitrogen and oxygen atoms in total. The molecular weight excluding hydrogens is 567 g/mol. The number of hydrazine groups is 1. The van der Waals surface area contributed by atoms with E-state index in [9.17, 15) is 32.9 Å². The summed E-state index contributed by atoms with van der Waals surface area (Å²) in [6, 6.07) is 7.06. The molecule has 1 fully saturated rings. The molecule has 1 aliphatic heterocycles. The molecule has 6 N–H and O–H groups in total. The number of ether oxygens (including phenoxy) is 1. The van der Waals surface area contributed by atoms with E-state index < -0.39 is 78.8 Å². The van der Waals surface area contributed by atoms with Crippen molar-refractivity contribution in [1.29, 1.82) is 0 Å². The first kappa shape index (κ1) is 25.2. The van der Waals surface area contributed by atoms with E-state index in [4.69, 9.17) is 10.6 Å². The molecular formula is C20H20F4IN2O4S-.